The van der Waals surface area contributed by atoms with Crippen molar-refractivity contribution in [3.63, 3.8) is 0 Å². The number of nitrogens with zero attached hydrogens (tertiary/aromatic N) is 1. The first kappa shape index (κ1) is 21.8. The van der Waals surface area contributed by atoms with Crippen molar-refractivity contribution in [2.24, 2.45) is 0 Å². The van der Waals surface area contributed by atoms with Gasteiger partial charge in [-0.3, -0.25) is 4.79 Å². The van der Waals surface area contributed by atoms with Crippen LogP contribution in [0.1, 0.15) is 59.9 Å². The van der Waals surface area contributed by atoms with Crippen molar-refractivity contribution in [3.8, 4) is 0 Å². The number of aryl methyl sites for hydroxylation is 2. The maximum atomic E-state index is 13.5. The summed E-state index contributed by atoms with van der Waals surface area (Å²) in [5.41, 5.74) is 6.06. The molecule has 0 spiro atoms. The first-order chi connectivity index (χ1) is 14.6. The Balaban J connectivity index is 1.85. The molecule has 2 heteroatoms. The summed E-state index contributed by atoms with van der Waals surface area (Å²) in [6.45, 7) is 7.85. The fraction of sp³-hybridized carbons (Fsp3) is 0.321. The molecule has 3 rings (SSSR count). The Hall–Kier alpha value is -2.87. The third-order valence-corrected chi connectivity index (χ3v) is 5.69. The molecule has 30 heavy (non-hydrogen) atoms. The summed E-state index contributed by atoms with van der Waals surface area (Å²) < 4.78 is 0. The van der Waals surface area contributed by atoms with Gasteiger partial charge in [0.2, 0.25) is 5.91 Å². The molecule has 0 unspecified atom stereocenters. The zero-order valence-corrected chi connectivity index (χ0v) is 18.5. The van der Waals surface area contributed by atoms with E-state index in [1.807, 2.05) is 23.1 Å². The van der Waals surface area contributed by atoms with Gasteiger partial charge in [-0.25, -0.2) is 0 Å². The van der Waals surface area contributed by atoms with Crippen LogP contribution in [0, 0.1) is 13.8 Å². The third kappa shape index (κ3) is 6.06. The first-order valence-corrected chi connectivity index (χ1v) is 11.0. The topological polar surface area (TPSA) is 20.3 Å². The van der Waals surface area contributed by atoms with Crippen LogP contribution in [0.4, 0.5) is 0 Å². The summed E-state index contributed by atoms with van der Waals surface area (Å²) in [5, 5.41) is 0. The van der Waals surface area contributed by atoms with E-state index in [0.717, 1.165) is 19.4 Å². The van der Waals surface area contributed by atoms with E-state index in [1.165, 1.54) is 27.8 Å². The summed E-state index contributed by atoms with van der Waals surface area (Å²) >= 11 is 0. The van der Waals surface area contributed by atoms with Crippen LogP contribution in [0.25, 0.3) is 0 Å². The average Bonchev–Trinajstić information content (AvgIpc) is 2.77. The molecule has 0 fully saturated rings. The van der Waals surface area contributed by atoms with E-state index in [4.69, 9.17) is 0 Å². The van der Waals surface area contributed by atoms with Crippen molar-refractivity contribution < 1.29 is 4.79 Å². The number of amides is 1. The SMILES string of the molecule is CCCCN(Cc1ccccc1)C(=O)CC(c1ccc(C)cc1)c1ccc(C)cc1. The summed E-state index contributed by atoms with van der Waals surface area (Å²) in [6.07, 6.45) is 2.60. The van der Waals surface area contributed by atoms with Gasteiger partial charge in [-0.1, -0.05) is 103 Å². The number of hydrogen-bond donors (Lipinski definition) is 0. The molecule has 0 aliphatic carbocycles. The number of carbonyl (C=O) groups excluding carboxylic acids is 1. The molecular weight excluding hydrogens is 366 g/mol. The molecule has 0 aromatic heterocycles. The van der Waals surface area contributed by atoms with Crippen LogP contribution >= 0.6 is 0 Å². The van der Waals surface area contributed by atoms with Crippen molar-refractivity contribution >= 4 is 5.91 Å². The number of rotatable bonds is 9. The van der Waals surface area contributed by atoms with Gasteiger partial charge in [-0.2, -0.15) is 0 Å². The minimum Gasteiger partial charge on any atom is -0.338 e. The number of carbonyl (C=O) groups is 1. The lowest BCUT2D eigenvalue weighted by molar-refractivity contribution is -0.132. The van der Waals surface area contributed by atoms with E-state index in [0.29, 0.717) is 13.0 Å². The maximum Gasteiger partial charge on any atom is 0.223 e. The molecule has 0 atom stereocenters. The van der Waals surface area contributed by atoms with Crippen LogP contribution in [-0.4, -0.2) is 17.4 Å². The van der Waals surface area contributed by atoms with Gasteiger partial charge in [-0.05, 0) is 37.0 Å². The maximum absolute atomic E-state index is 13.5. The summed E-state index contributed by atoms with van der Waals surface area (Å²) in [6, 6.07) is 27.5. The van der Waals surface area contributed by atoms with Gasteiger partial charge in [0.1, 0.15) is 0 Å². The summed E-state index contributed by atoms with van der Waals surface area (Å²) in [5.74, 6) is 0.289. The zero-order chi connectivity index (χ0) is 21.3. The predicted molar refractivity (Wildman–Crippen MR) is 126 cm³/mol. The van der Waals surface area contributed by atoms with Crippen LogP contribution in [0.15, 0.2) is 78.9 Å². The molecule has 156 valence electrons. The van der Waals surface area contributed by atoms with E-state index in [2.05, 4.69) is 81.4 Å². The van der Waals surface area contributed by atoms with Gasteiger partial charge in [0.05, 0.1) is 0 Å². The van der Waals surface area contributed by atoms with E-state index >= 15 is 0 Å². The molecule has 0 heterocycles. The van der Waals surface area contributed by atoms with E-state index in [1.54, 1.807) is 0 Å². The van der Waals surface area contributed by atoms with Gasteiger partial charge in [-0.15, -0.1) is 0 Å². The lowest BCUT2D eigenvalue weighted by Crippen LogP contribution is -2.32. The van der Waals surface area contributed by atoms with Gasteiger partial charge in [0.15, 0.2) is 0 Å². The van der Waals surface area contributed by atoms with Crippen molar-refractivity contribution in [3.05, 3.63) is 107 Å². The summed E-state index contributed by atoms with van der Waals surface area (Å²) in [7, 11) is 0. The Bertz CT molecular complexity index is 868. The minimum atomic E-state index is 0.0681. The molecule has 0 radical (unpaired) electrons. The predicted octanol–water partition coefficient (Wildman–Crippen LogP) is 6.65. The molecule has 0 aliphatic heterocycles. The standard InChI is InChI=1S/C28H33NO/c1-4-5-19-29(21-24-9-7-6-8-10-24)28(30)20-27(25-15-11-22(2)12-16-25)26-17-13-23(3)14-18-26/h6-18,27H,4-5,19-21H2,1-3H3. The highest BCUT2D eigenvalue weighted by Crippen LogP contribution is 2.30. The molecular formula is C28H33NO. The molecule has 3 aromatic carbocycles. The minimum absolute atomic E-state index is 0.0681. The molecule has 0 saturated heterocycles. The first-order valence-electron chi connectivity index (χ1n) is 11.0. The van der Waals surface area contributed by atoms with Crippen LogP contribution in [0.3, 0.4) is 0 Å². The molecule has 0 saturated carbocycles. The Morgan fingerprint density at radius 3 is 1.83 bits per heavy atom. The highest BCUT2D eigenvalue weighted by atomic mass is 16.2. The molecule has 2 nitrogen and oxygen atoms in total. The van der Waals surface area contributed by atoms with E-state index < -0.39 is 0 Å². The van der Waals surface area contributed by atoms with Crippen LogP contribution in [0.5, 0.6) is 0 Å². The van der Waals surface area contributed by atoms with Crippen molar-refractivity contribution in [2.45, 2.75) is 52.5 Å². The van der Waals surface area contributed by atoms with E-state index in [-0.39, 0.29) is 11.8 Å². The van der Waals surface area contributed by atoms with E-state index in [9.17, 15) is 4.79 Å². The number of hydrogen-bond acceptors (Lipinski definition) is 1. The lowest BCUT2D eigenvalue weighted by Gasteiger charge is -2.26. The molecule has 0 aliphatic rings. The normalized spacial score (nSPS) is 10.9. The number of benzene rings is 3. The second-order valence-electron chi connectivity index (χ2n) is 8.23. The second kappa shape index (κ2) is 10.8. The van der Waals surface area contributed by atoms with Gasteiger partial charge < -0.3 is 4.90 Å². The number of unbranched alkanes of at least 4 members (excludes halogenated alkanes) is 1. The quantitative estimate of drug-likeness (QED) is 0.394. The highest BCUT2D eigenvalue weighted by molar-refractivity contribution is 5.78. The Kier molecular flexibility index (Phi) is 7.84. The monoisotopic (exact) mass is 399 g/mol. The van der Waals surface area contributed by atoms with Crippen LogP contribution in [0.2, 0.25) is 0 Å². The van der Waals surface area contributed by atoms with Gasteiger partial charge in [0, 0.05) is 25.4 Å². The van der Waals surface area contributed by atoms with Crippen molar-refractivity contribution in [1.82, 2.24) is 4.90 Å². The fourth-order valence-electron chi connectivity index (χ4n) is 3.77. The highest BCUT2D eigenvalue weighted by Gasteiger charge is 2.22. The van der Waals surface area contributed by atoms with Gasteiger partial charge in [0.25, 0.3) is 0 Å². The summed E-state index contributed by atoms with van der Waals surface area (Å²) in [4.78, 5) is 15.5. The van der Waals surface area contributed by atoms with Gasteiger partial charge >= 0.3 is 0 Å². The largest absolute Gasteiger partial charge is 0.338 e. The third-order valence-electron chi connectivity index (χ3n) is 5.69. The molecule has 0 bridgehead atoms. The average molecular weight is 400 g/mol. The second-order valence-corrected chi connectivity index (χ2v) is 8.23. The molecule has 0 N–H and O–H groups in total. The smallest absolute Gasteiger partial charge is 0.223 e. The Morgan fingerprint density at radius 1 is 0.800 bits per heavy atom. The fourth-order valence-corrected chi connectivity index (χ4v) is 3.77. The molecule has 3 aromatic rings. The molecule has 1 amide bonds. The van der Waals surface area contributed by atoms with Crippen LogP contribution in [-0.2, 0) is 11.3 Å². The zero-order valence-electron chi connectivity index (χ0n) is 18.5. The van der Waals surface area contributed by atoms with Crippen LogP contribution < -0.4 is 0 Å². The lowest BCUT2D eigenvalue weighted by atomic mass is 9.87. The van der Waals surface area contributed by atoms with Crippen molar-refractivity contribution in [1.29, 1.82) is 0 Å². The Morgan fingerprint density at radius 2 is 1.33 bits per heavy atom. The van der Waals surface area contributed by atoms with Crippen molar-refractivity contribution in [2.75, 3.05) is 6.54 Å². The Labute approximate surface area is 181 Å².